The average molecular weight is 394 g/mol. The van der Waals surface area contributed by atoms with Gasteiger partial charge in [0.2, 0.25) is 0 Å². The van der Waals surface area contributed by atoms with E-state index in [1.807, 2.05) is 36.4 Å². The summed E-state index contributed by atoms with van der Waals surface area (Å²) >= 11 is 5.86. The maximum Gasteiger partial charge on any atom is 0.257 e. The molecular weight excluding hydrogens is 370 g/mol. The van der Waals surface area contributed by atoms with E-state index >= 15 is 0 Å². The summed E-state index contributed by atoms with van der Waals surface area (Å²) in [5, 5.41) is 3.66. The second-order valence-electron chi connectivity index (χ2n) is 6.76. The van der Waals surface area contributed by atoms with Gasteiger partial charge in [-0.25, -0.2) is 0 Å². The molecule has 0 aliphatic rings. The third kappa shape index (κ3) is 5.61. The van der Waals surface area contributed by atoms with E-state index < -0.39 is 0 Å². The van der Waals surface area contributed by atoms with Crippen molar-refractivity contribution < 1.29 is 9.53 Å². The summed E-state index contributed by atoms with van der Waals surface area (Å²) in [5.41, 5.74) is 2.46. The molecule has 1 amide bonds. The molecule has 0 fully saturated rings. The van der Waals surface area contributed by atoms with Gasteiger partial charge < -0.3 is 10.1 Å². The number of rotatable bonds is 8. The lowest BCUT2D eigenvalue weighted by Gasteiger charge is -2.25. The summed E-state index contributed by atoms with van der Waals surface area (Å²) in [5.74, 6) is 0.914. The van der Waals surface area contributed by atoms with Crippen LogP contribution in [-0.2, 0) is 4.79 Å². The maximum atomic E-state index is 12.3. The van der Waals surface area contributed by atoms with Crippen molar-refractivity contribution in [2.75, 3.05) is 13.2 Å². The zero-order valence-corrected chi connectivity index (χ0v) is 16.6. The van der Waals surface area contributed by atoms with Crippen LogP contribution in [0.25, 0.3) is 0 Å². The molecule has 2 unspecified atom stereocenters. The van der Waals surface area contributed by atoms with Crippen molar-refractivity contribution in [1.29, 1.82) is 0 Å². The van der Waals surface area contributed by atoms with Crippen LogP contribution in [0, 0.1) is 0 Å². The summed E-state index contributed by atoms with van der Waals surface area (Å²) in [6.45, 7) is 2.72. The van der Waals surface area contributed by atoms with Crippen molar-refractivity contribution in [2.24, 2.45) is 0 Å². The number of hydrogen-bond donors (Lipinski definition) is 1. The molecule has 0 aliphatic carbocycles. The van der Waals surface area contributed by atoms with Crippen molar-refractivity contribution in [3.05, 3.63) is 101 Å². The van der Waals surface area contributed by atoms with E-state index in [0.29, 0.717) is 17.3 Å². The molecule has 3 nitrogen and oxygen atoms in total. The number of benzene rings is 3. The Morgan fingerprint density at radius 2 is 1.46 bits per heavy atom. The SMILES string of the molecule is CC(c1ccccc1)C(CNC(=O)COc1ccc(Cl)cc1)c1ccccc1. The molecule has 1 N–H and O–H groups in total. The van der Waals surface area contributed by atoms with Crippen LogP contribution in [0.5, 0.6) is 5.75 Å². The molecule has 28 heavy (non-hydrogen) atoms. The van der Waals surface area contributed by atoms with Crippen LogP contribution in [0.15, 0.2) is 84.9 Å². The molecule has 0 saturated heterocycles. The van der Waals surface area contributed by atoms with Crippen LogP contribution in [0.4, 0.5) is 0 Å². The Kier molecular flexibility index (Phi) is 7.10. The number of halogens is 1. The average Bonchev–Trinajstić information content (AvgIpc) is 2.74. The Morgan fingerprint density at radius 3 is 2.07 bits per heavy atom. The van der Waals surface area contributed by atoms with Gasteiger partial charge in [0, 0.05) is 17.5 Å². The molecule has 0 bridgehead atoms. The van der Waals surface area contributed by atoms with Crippen LogP contribution < -0.4 is 10.1 Å². The Hall–Kier alpha value is -2.78. The third-order valence-electron chi connectivity index (χ3n) is 4.86. The largest absolute Gasteiger partial charge is 0.484 e. The Balaban J connectivity index is 1.63. The lowest BCUT2D eigenvalue weighted by atomic mass is 9.82. The van der Waals surface area contributed by atoms with E-state index in [0.717, 1.165) is 0 Å². The molecule has 0 spiro atoms. The van der Waals surface area contributed by atoms with Gasteiger partial charge in [-0.3, -0.25) is 4.79 Å². The van der Waals surface area contributed by atoms with Gasteiger partial charge in [0.1, 0.15) is 5.75 Å². The van der Waals surface area contributed by atoms with Crippen LogP contribution in [-0.4, -0.2) is 19.1 Å². The fourth-order valence-corrected chi connectivity index (χ4v) is 3.35. The van der Waals surface area contributed by atoms with Crippen molar-refractivity contribution in [1.82, 2.24) is 5.32 Å². The van der Waals surface area contributed by atoms with Gasteiger partial charge in [-0.05, 0) is 41.3 Å². The lowest BCUT2D eigenvalue weighted by Crippen LogP contribution is -2.33. The first-order valence-electron chi connectivity index (χ1n) is 9.38. The minimum Gasteiger partial charge on any atom is -0.484 e. The van der Waals surface area contributed by atoms with Crippen molar-refractivity contribution >= 4 is 17.5 Å². The predicted octanol–water partition coefficient (Wildman–Crippen LogP) is 5.42. The van der Waals surface area contributed by atoms with E-state index in [9.17, 15) is 4.79 Å². The monoisotopic (exact) mass is 393 g/mol. The first-order valence-corrected chi connectivity index (χ1v) is 9.76. The highest BCUT2D eigenvalue weighted by Gasteiger charge is 2.21. The summed E-state index contributed by atoms with van der Waals surface area (Å²) in [6, 6.07) is 27.6. The van der Waals surface area contributed by atoms with Gasteiger partial charge in [0.05, 0.1) is 0 Å². The molecule has 0 saturated carbocycles. The van der Waals surface area contributed by atoms with Crippen LogP contribution >= 0.6 is 11.6 Å². The Labute approximate surface area is 171 Å². The number of amides is 1. The van der Waals surface area contributed by atoms with E-state index in [1.54, 1.807) is 24.3 Å². The molecule has 2 atom stereocenters. The molecule has 0 radical (unpaired) electrons. The topological polar surface area (TPSA) is 38.3 Å². The summed E-state index contributed by atoms with van der Waals surface area (Å²) in [6.07, 6.45) is 0. The van der Waals surface area contributed by atoms with Gasteiger partial charge in [-0.1, -0.05) is 79.2 Å². The van der Waals surface area contributed by atoms with Gasteiger partial charge in [-0.2, -0.15) is 0 Å². The fourth-order valence-electron chi connectivity index (χ4n) is 3.23. The van der Waals surface area contributed by atoms with E-state index in [4.69, 9.17) is 16.3 Å². The van der Waals surface area contributed by atoms with Gasteiger partial charge >= 0.3 is 0 Å². The number of hydrogen-bond acceptors (Lipinski definition) is 2. The standard InChI is InChI=1S/C24H24ClNO2/c1-18(19-8-4-2-5-9-19)23(20-10-6-3-7-11-20)16-26-24(27)17-28-22-14-12-21(25)13-15-22/h2-15,18,23H,16-17H2,1H3,(H,26,27). The molecule has 0 aliphatic heterocycles. The number of carbonyl (C=O) groups excluding carboxylic acids is 1. The second-order valence-corrected chi connectivity index (χ2v) is 7.20. The molecular formula is C24H24ClNO2. The lowest BCUT2D eigenvalue weighted by molar-refractivity contribution is -0.123. The summed E-state index contributed by atoms with van der Waals surface area (Å²) in [7, 11) is 0. The zero-order valence-electron chi connectivity index (χ0n) is 15.8. The van der Waals surface area contributed by atoms with Gasteiger partial charge in [0.15, 0.2) is 6.61 Å². The molecule has 144 valence electrons. The number of nitrogens with one attached hydrogen (secondary N) is 1. The van der Waals surface area contributed by atoms with Crippen LogP contribution in [0.2, 0.25) is 5.02 Å². The molecule has 0 heterocycles. The molecule has 3 aromatic rings. The molecule has 4 heteroatoms. The molecule has 3 aromatic carbocycles. The van der Waals surface area contributed by atoms with Crippen LogP contribution in [0.3, 0.4) is 0 Å². The zero-order chi connectivity index (χ0) is 19.8. The van der Waals surface area contributed by atoms with E-state index in [1.165, 1.54) is 11.1 Å². The predicted molar refractivity (Wildman–Crippen MR) is 114 cm³/mol. The highest BCUT2D eigenvalue weighted by atomic mass is 35.5. The normalized spacial score (nSPS) is 12.8. The van der Waals surface area contributed by atoms with E-state index in [2.05, 4.69) is 36.5 Å². The first kappa shape index (κ1) is 20.0. The quantitative estimate of drug-likeness (QED) is 0.554. The highest BCUT2D eigenvalue weighted by molar-refractivity contribution is 6.30. The molecule has 3 rings (SSSR count). The smallest absolute Gasteiger partial charge is 0.257 e. The van der Waals surface area contributed by atoms with Crippen molar-refractivity contribution in [2.45, 2.75) is 18.8 Å². The first-order chi connectivity index (χ1) is 13.6. The molecule has 0 aromatic heterocycles. The minimum atomic E-state index is -0.142. The van der Waals surface area contributed by atoms with E-state index in [-0.39, 0.29) is 24.3 Å². The Morgan fingerprint density at radius 1 is 0.893 bits per heavy atom. The van der Waals surface area contributed by atoms with Crippen molar-refractivity contribution in [3.63, 3.8) is 0 Å². The van der Waals surface area contributed by atoms with Crippen LogP contribution in [0.1, 0.15) is 29.9 Å². The highest BCUT2D eigenvalue weighted by Crippen LogP contribution is 2.32. The third-order valence-corrected chi connectivity index (χ3v) is 5.11. The minimum absolute atomic E-state index is 0.0249. The number of ether oxygens (including phenoxy) is 1. The second kappa shape index (κ2) is 9.95. The maximum absolute atomic E-state index is 12.3. The fraction of sp³-hybridized carbons (Fsp3) is 0.208. The number of carbonyl (C=O) groups is 1. The van der Waals surface area contributed by atoms with Gasteiger partial charge in [0.25, 0.3) is 5.91 Å². The summed E-state index contributed by atoms with van der Waals surface area (Å²) in [4.78, 5) is 12.3. The van der Waals surface area contributed by atoms with Gasteiger partial charge in [-0.15, -0.1) is 0 Å². The Bertz CT molecular complexity index is 866. The summed E-state index contributed by atoms with van der Waals surface area (Å²) < 4.78 is 5.54. The van der Waals surface area contributed by atoms with Crippen molar-refractivity contribution in [3.8, 4) is 5.75 Å².